The van der Waals surface area contributed by atoms with Crippen LogP contribution >= 0.6 is 38.5 Å². The Labute approximate surface area is 134 Å². The standard InChI is InChI=1S/C15H12BrIO2/c1-10(18)15-13(16)7-12(8-14(15)17)19-9-11-5-3-2-4-6-11/h2-8H,9H2,1H3. The van der Waals surface area contributed by atoms with E-state index in [9.17, 15) is 4.79 Å². The number of benzene rings is 2. The molecular weight excluding hydrogens is 419 g/mol. The summed E-state index contributed by atoms with van der Waals surface area (Å²) < 4.78 is 7.41. The maximum absolute atomic E-state index is 11.5. The van der Waals surface area contributed by atoms with Crippen molar-refractivity contribution in [3.63, 3.8) is 0 Å². The molecule has 0 heterocycles. The molecule has 0 amide bonds. The number of hydrogen-bond donors (Lipinski definition) is 0. The SMILES string of the molecule is CC(=O)c1c(Br)cc(OCc2ccccc2)cc1I. The third kappa shape index (κ3) is 3.79. The molecule has 2 aromatic rings. The van der Waals surface area contributed by atoms with E-state index in [0.717, 1.165) is 19.4 Å². The monoisotopic (exact) mass is 430 g/mol. The molecule has 0 saturated heterocycles. The number of Topliss-reactive ketones (excluding diaryl/α,β-unsaturated/α-hetero) is 1. The maximum atomic E-state index is 11.5. The molecule has 19 heavy (non-hydrogen) atoms. The Bertz CT molecular complexity index is 573. The molecule has 0 spiro atoms. The van der Waals surface area contributed by atoms with Gasteiger partial charge in [0.05, 0.1) is 0 Å². The van der Waals surface area contributed by atoms with Gasteiger partial charge in [-0.1, -0.05) is 30.3 Å². The Hall–Kier alpha value is -0.880. The van der Waals surface area contributed by atoms with Crippen molar-refractivity contribution in [1.82, 2.24) is 0 Å². The lowest BCUT2D eigenvalue weighted by atomic mass is 10.1. The molecule has 4 heteroatoms. The van der Waals surface area contributed by atoms with Crippen molar-refractivity contribution in [3.05, 3.63) is 61.6 Å². The molecule has 0 N–H and O–H groups in total. The molecule has 2 rings (SSSR count). The van der Waals surface area contributed by atoms with Gasteiger partial charge in [0.1, 0.15) is 12.4 Å². The molecule has 2 nitrogen and oxygen atoms in total. The fraction of sp³-hybridized carbons (Fsp3) is 0.133. The van der Waals surface area contributed by atoms with E-state index in [0.29, 0.717) is 12.2 Å². The predicted octanol–water partition coefficient (Wildman–Crippen LogP) is 4.84. The van der Waals surface area contributed by atoms with Crippen molar-refractivity contribution >= 4 is 44.3 Å². The Balaban J connectivity index is 2.16. The second-order valence-electron chi connectivity index (χ2n) is 4.09. The van der Waals surface area contributed by atoms with Crippen LogP contribution < -0.4 is 4.74 Å². The second-order valence-corrected chi connectivity index (χ2v) is 6.11. The van der Waals surface area contributed by atoms with E-state index in [-0.39, 0.29) is 5.78 Å². The van der Waals surface area contributed by atoms with Crippen LogP contribution in [0, 0.1) is 3.57 Å². The normalized spacial score (nSPS) is 10.3. The summed E-state index contributed by atoms with van der Waals surface area (Å²) in [6.07, 6.45) is 0. The number of ketones is 1. The van der Waals surface area contributed by atoms with Crippen LogP contribution in [0.4, 0.5) is 0 Å². The van der Waals surface area contributed by atoms with Crippen LogP contribution in [0.15, 0.2) is 46.9 Å². The third-order valence-electron chi connectivity index (χ3n) is 2.62. The van der Waals surface area contributed by atoms with Crippen LogP contribution in [0.5, 0.6) is 5.75 Å². The van der Waals surface area contributed by atoms with Crippen LogP contribution in [-0.2, 0) is 6.61 Å². The van der Waals surface area contributed by atoms with Gasteiger partial charge in [-0.2, -0.15) is 0 Å². The molecule has 0 aromatic heterocycles. The van der Waals surface area contributed by atoms with Crippen LogP contribution in [0.25, 0.3) is 0 Å². The second kappa shape index (κ2) is 6.52. The average Bonchev–Trinajstić information content (AvgIpc) is 2.36. The molecule has 0 bridgehead atoms. The number of hydrogen-bond acceptors (Lipinski definition) is 2. The molecule has 98 valence electrons. The van der Waals surface area contributed by atoms with Crippen molar-refractivity contribution in [1.29, 1.82) is 0 Å². The lowest BCUT2D eigenvalue weighted by Crippen LogP contribution is -2.00. The summed E-state index contributed by atoms with van der Waals surface area (Å²) in [5.41, 5.74) is 1.82. The third-order valence-corrected chi connectivity index (χ3v) is 4.09. The van der Waals surface area contributed by atoms with Crippen molar-refractivity contribution in [2.75, 3.05) is 0 Å². The zero-order valence-corrected chi connectivity index (χ0v) is 14.1. The molecule has 2 aromatic carbocycles. The minimum Gasteiger partial charge on any atom is -0.489 e. The van der Waals surface area contributed by atoms with E-state index in [2.05, 4.69) is 38.5 Å². The molecule has 0 aliphatic carbocycles. The first-order chi connectivity index (χ1) is 9.08. The maximum Gasteiger partial charge on any atom is 0.162 e. The van der Waals surface area contributed by atoms with E-state index in [4.69, 9.17) is 4.74 Å². The van der Waals surface area contributed by atoms with Gasteiger partial charge in [0, 0.05) is 13.6 Å². The molecule has 0 aliphatic heterocycles. The number of carbonyl (C=O) groups excluding carboxylic acids is 1. The summed E-state index contributed by atoms with van der Waals surface area (Å²) in [6, 6.07) is 13.7. The van der Waals surface area contributed by atoms with Gasteiger partial charge in [-0.15, -0.1) is 0 Å². The van der Waals surface area contributed by atoms with Crippen LogP contribution in [0.2, 0.25) is 0 Å². The molecule has 0 radical (unpaired) electrons. The largest absolute Gasteiger partial charge is 0.489 e. The molecule has 0 aliphatic rings. The number of halogens is 2. The molecular formula is C15H12BrIO2. The Kier molecular flexibility index (Phi) is 4.99. The molecule has 0 atom stereocenters. The van der Waals surface area contributed by atoms with E-state index in [1.165, 1.54) is 0 Å². The van der Waals surface area contributed by atoms with E-state index in [1.807, 2.05) is 42.5 Å². The van der Waals surface area contributed by atoms with Gasteiger partial charge >= 0.3 is 0 Å². The number of ether oxygens (including phenoxy) is 1. The summed E-state index contributed by atoms with van der Waals surface area (Å²) in [5.74, 6) is 0.802. The van der Waals surface area contributed by atoms with Gasteiger partial charge in [-0.3, -0.25) is 4.79 Å². The van der Waals surface area contributed by atoms with Crippen molar-refractivity contribution in [3.8, 4) is 5.75 Å². The van der Waals surface area contributed by atoms with Crippen LogP contribution in [0.3, 0.4) is 0 Å². The highest BCUT2D eigenvalue weighted by Gasteiger charge is 2.12. The smallest absolute Gasteiger partial charge is 0.162 e. The summed E-state index contributed by atoms with van der Waals surface area (Å²) in [5, 5.41) is 0. The van der Waals surface area contributed by atoms with Crippen LogP contribution in [0.1, 0.15) is 22.8 Å². The summed E-state index contributed by atoms with van der Waals surface area (Å²) >= 11 is 5.57. The van der Waals surface area contributed by atoms with Gasteiger partial charge in [0.25, 0.3) is 0 Å². The highest BCUT2D eigenvalue weighted by molar-refractivity contribution is 14.1. The summed E-state index contributed by atoms with van der Waals surface area (Å²) in [6.45, 7) is 2.08. The van der Waals surface area contributed by atoms with Gasteiger partial charge in [-0.05, 0) is 63.1 Å². The van der Waals surface area contributed by atoms with Crippen molar-refractivity contribution in [2.45, 2.75) is 13.5 Å². The van der Waals surface area contributed by atoms with Gasteiger partial charge in [0.15, 0.2) is 5.78 Å². The lowest BCUT2D eigenvalue weighted by Gasteiger charge is -2.10. The zero-order chi connectivity index (χ0) is 13.8. The Morgan fingerprint density at radius 3 is 2.53 bits per heavy atom. The average molecular weight is 431 g/mol. The summed E-state index contributed by atoms with van der Waals surface area (Å²) in [4.78, 5) is 11.5. The minimum absolute atomic E-state index is 0.0471. The van der Waals surface area contributed by atoms with Gasteiger partial charge < -0.3 is 4.74 Å². The van der Waals surface area contributed by atoms with Gasteiger partial charge in [0.2, 0.25) is 0 Å². The van der Waals surface area contributed by atoms with E-state index < -0.39 is 0 Å². The highest BCUT2D eigenvalue weighted by Crippen LogP contribution is 2.29. The lowest BCUT2D eigenvalue weighted by molar-refractivity contribution is 0.101. The van der Waals surface area contributed by atoms with Crippen LogP contribution in [-0.4, -0.2) is 5.78 Å². The highest BCUT2D eigenvalue weighted by atomic mass is 127. The quantitative estimate of drug-likeness (QED) is 0.512. The first-order valence-electron chi connectivity index (χ1n) is 5.74. The Morgan fingerprint density at radius 2 is 1.95 bits per heavy atom. The minimum atomic E-state index is 0.0471. The zero-order valence-electron chi connectivity index (χ0n) is 10.3. The van der Waals surface area contributed by atoms with Crippen molar-refractivity contribution in [2.24, 2.45) is 0 Å². The molecule has 0 fully saturated rings. The van der Waals surface area contributed by atoms with E-state index >= 15 is 0 Å². The summed E-state index contributed by atoms with van der Waals surface area (Å²) in [7, 11) is 0. The topological polar surface area (TPSA) is 26.3 Å². The number of carbonyl (C=O) groups is 1. The first-order valence-corrected chi connectivity index (χ1v) is 7.62. The molecule has 0 unspecified atom stereocenters. The predicted molar refractivity (Wildman–Crippen MR) is 87.6 cm³/mol. The number of rotatable bonds is 4. The Morgan fingerprint density at radius 1 is 1.26 bits per heavy atom. The molecule has 0 saturated carbocycles. The van der Waals surface area contributed by atoms with Crippen molar-refractivity contribution < 1.29 is 9.53 Å². The fourth-order valence-electron chi connectivity index (χ4n) is 1.71. The van der Waals surface area contributed by atoms with Gasteiger partial charge in [-0.25, -0.2) is 0 Å². The fourth-order valence-corrected chi connectivity index (χ4v) is 3.78. The first kappa shape index (κ1) is 14.5. The van der Waals surface area contributed by atoms with E-state index in [1.54, 1.807) is 6.92 Å².